The molecular formula is C16H15N3O. The number of carbonyl (C=O) groups excluding carboxylic acids is 1. The zero-order valence-electron chi connectivity index (χ0n) is 11.2. The smallest absolute Gasteiger partial charge is 0.255 e. The van der Waals surface area contributed by atoms with Crippen LogP contribution in [0.25, 0.3) is 0 Å². The minimum Gasteiger partial charge on any atom is -0.321 e. The molecule has 0 aliphatic rings. The maximum Gasteiger partial charge on any atom is 0.255 e. The van der Waals surface area contributed by atoms with E-state index in [1.807, 2.05) is 25.1 Å². The number of nitrogens with two attached hydrogens (primary N) is 1. The average Bonchev–Trinajstić information content (AvgIpc) is 2.47. The molecule has 4 heteroatoms. The fourth-order valence-corrected chi connectivity index (χ4v) is 1.71. The van der Waals surface area contributed by atoms with Crippen molar-refractivity contribution in [2.75, 3.05) is 11.9 Å². The molecule has 0 unspecified atom stereocenters. The van der Waals surface area contributed by atoms with Gasteiger partial charge in [0, 0.05) is 23.5 Å². The van der Waals surface area contributed by atoms with Crippen LogP contribution in [0.3, 0.4) is 0 Å². The summed E-state index contributed by atoms with van der Waals surface area (Å²) in [5, 5.41) is 2.87. The summed E-state index contributed by atoms with van der Waals surface area (Å²) in [5.41, 5.74) is 8.43. The van der Waals surface area contributed by atoms with E-state index in [-0.39, 0.29) is 12.5 Å². The number of nitrogens with zero attached hydrogens (tertiary/aromatic N) is 1. The Morgan fingerprint density at radius 3 is 2.75 bits per heavy atom. The third-order valence-corrected chi connectivity index (χ3v) is 2.69. The molecular weight excluding hydrogens is 250 g/mol. The summed E-state index contributed by atoms with van der Waals surface area (Å²) in [6.45, 7) is 2.24. The van der Waals surface area contributed by atoms with E-state index in [1.54, 1.807) is 24.5 Å². The van der Waals surface area contributed by atoms with Crippen LogP contribution in [0.2, 0.25) is 0 Å². The van der Waals surface area contributed by atoms with Gasteiger partial charge in [0.25, 0.3) is 5.91 Å². The predicted molar refractivity (Wildman–Crippen MR) is 79.3 cm³/mol. The summed E-state index contributed by atoms with van der Waals surface area (Å²) in [4.78, 5) is 16.0. The zero-order valence-corrected chi connectivity index (χ0v) is 11.2. The molecule has 0 spiro atoms. The van der Waals surface area contributed by atoms with Crippen molar-refractivity contribution in [3.63, 3.8) is 0 Å². The topological polar surface area (TPSA) is 68.0 Å². The molecule has 0 aliphatic heterocycles. The van der Waals surface area contributed by atoms with Crippen molar-refractivity contribution in [2.24, 2.45) is 5.73 Å². The number of aryl methyl sites for hydroxylation is 1. The molecule has 3 N–H and O–H groups in total. The van der Waals surface area contributed by atoms with Crippen molar-refractivity contribution in [3.8, 4) is 11.8 Å². The van der Waals surface area contributed by atoms with Gasteiger partial charge in [0.1, 0.15) is 0 Å². The number of amides is 1. The van der Waals surface area contributed by atoms with E-state index in [9.17, 15) is 4.79 Å². The zero-order chi connectivity index (χ0) is 14.4. The first-order valence-corrected chi connectivity index (χ1v) is 6.21. The SMILES string of the molecule is Cc1ccc(C#CCN)c(NC(=O)c2ccncc2)c1. The molecule has 1 amide bonds. The quantitative estimate of drug-likeness (QED) is 0.815. The molecule has 4 nitrogen and oxygen atoms in total. The van der Waals surface area contributed by atoms with Gasteiger partial charge in [-0.05, 0) is 36.8 Å². The second-order valence-electron chi connectivity index (χ2n) is 4.24. The maximum absolute atomic E-state index is 12.1. The Hall–Kier alpha value is -2.64. The van der Waals surface area contributed by atoms with Crippen molar-refractivity contribution < 1.29 is 4.79 Å². The number of aromatic nitrogens is 1. The van der Waals surface area contributed by atoms with Crippen molar-refractivity contribution in [3.05, 3.63) is 59.4 Å². The molecule has 0 aliphatic carbocycles. The monoisotopic (exact) mass is 265 g/mol. The number of carbonyl (C=O) groups is 1. The Morgan fingerprint density at radius 1 is 1.30 bits per heavy atom. The van der Waals surface area contributed by atoms with Gasteiger partial charge in [0.05, 0.1) is 12.2 Å². The van der Waals surface area contributed by atoms with Crippen molar-refractivity contribution in [2.45, 2.75) is 6.92 Å². The highest BCUT2D eigenvalue weighted by atomic mass is 16.1. The summed E-state index contributed by atoms with van der Waals surface area (Å²) < 4.78 is 0. The van der Waals surface area contributed by atoms with Gasteiger partial charge >= 0.3 is 0 Å². The number of hydrogen-bond donors (Lipinski definition) is 2. The minimum atomic E-state index is -0.186. The minimum absolute atomic E-state index is 0.186. The molecule has 0 bridgehead atoms. The number of hydrogen-bond acceptors (Lipinski definition) is 3. The van der Waals surface area contributed by atoms with Crippen LogP contribution >= 0.6 is 0 Å². The molecule has 1 aromatic carbocycles. The Labute approximate surface area is 118 Å². The van der Waals surface area contributed by atoms with Gasteiger partial charge in [-0.1, -0.05) is 17.9 Å². The van der Waals surface area contributed by atoms with Gasteiger partial charge in [-0.15, -0.1) is 0 Å². The van der Waals surface area contributed by atoms with Crippen molar-refractivity contribution in [1.29, 1.82) is 0 Å². The van der Waals surface area contributed by atoms with E-state index in [4.69, 9.17) is 5.73 Å². The summed E-state index contributed by atoms with van der Waals surface area (Å²) >= 11 is 0. The van der Waals surface area contributed by atoms with Crippen LogP contribution in [0.4, 0.5) is 5.69 Å². The van der Waals surface area contributed by atoms with E-state index in [0.29, 0.717) is 11.3 Å². The normalized spacial score (nSPS) is 9.50. The lowest BCUT2D eigenvalue weighted by Gasteiger charge is -2.08. The van der Waals surface area contributed by atoms with Gasteiger partial charge in [0.15, 0.2) is 0 Å². The number of anilines is 1. The molecule has 0 saturated heterocycles. The number of rotatable bonds is 2. The summed E-state index contributed by atoms with van der Waals surface area (Å²) in [6.07, 6.45) is 3.17. The molecule has 0 radical (unpaired) electrons. The Kier molecular flexibility index (Phi) is 4.48. The van der Waals surface area contributed by atoms with Gasteiger partial charge in [0.2, 0.25) is 0 Å². The van der Waals surface area contributed by atoms with Crippen LogP contribution < -0.4 is 11.1 Å². The highest BCUT2D eigenvalue weighted by Crippen LogP contribution is 2.17. The van der Waals surface area contributed by atoms with Crippen LogP contribution in [0.5, 0.6) is 0 Å². The first-order chi connectivity index (χ1) is 9.70. The fraction of sp³-hybridized carbons (Fsp3) is 0.125. The second-order valence-corrected chi connectivity index (χ2v) is 4.24. The standard InChI is InChI=1S/C16H15N3O/c1-12-4-5-13(3-2-8-17)15(11-12)19-16(20)14-6-9-18-10-7-14/h4-7,9-11H,8,17H2,1H3,(H,19,20). The van der Waals surface area contributed by atoms with Gasteiger partial charge in [-0.25, -0.2) is 0 Å². The first kappa shape index (κ1) is 13.8. The fourth-order valence-electron chi connectivity index (χ4n) is 1.71. The lowest BCUT2D eigenvalue weighted by atomic mass is 10.1. The van der Waals surface area contributed by atoms with E-state index < -0.39 is 0 Å². The second kappa shape index (κ2) is 6.50. The molecule has 20 heavy (non-hydrogen) atoms. The number of benzene rings is 1. The molecule has 1 aromatic heterocycles. The van der Waals surface area contributed by atoms with Gasteiger partial charge in [-0.3, -0.25) is 9.78 Å². The molecule has 0 fully saturated rings. The van der Waals surface area contributed by atoms with Crippen molar-refractivity contribution in [1.82, 2.24) is 4.98 Å². The number of pyridine rings is 1. The lowest BCUT2D eigenvalue weighted by Crippen LogP contribution is -2.13. The van der Waals surface area contributed by atoms with Crippen LogP contribution in [0, 0.1) is 18.8 Å². The highest BCUT2D eigenvalue weighted by molar-refractivity contribution is 6.04. The van der Waals surface area contributed by atoms with E-state index in [1.165, 1.54) is 0 Å². The maximum atomic E-state index is 12.1. The molecule has 0 atom stereocenters. The molecule has 1 heterocycles. The Bertz CT molecular complexity index is 669. The van der Waals surface area contributed by atoms with E-state index in [0.717, 1.165) is 11.1 Å². The van der Waals surface area contributed by atoms with Crippen LogP contribution in [0.15, 0.2) is 42.7 Å². The van der Waals surface area contributed by atoms with E-state index in [2.05, 4.69) is 22.1 Å². The third-order valence-electron chi connectivity index (χ3n) is 2.69. The first-order valence-electron chi connectivity index (χ1n) is 6.21. The summed E-state index contributed by atoms with van der Waals surface area (Å²) in [5.74, 6) is 5.56. The summed E-state index contributed by atoms with van der Waals surface area (Å²) in [6, 6.07) is 9.04. The molecule has 0 saturated carbocycles. The highest BCUT2D eigenvalue weighted by Gasteiger charge is 2.08. The molecule has 100 valence electrons. The largest absolute Gasteiger partial charge is 0.321 e. The lowest BCUT2D eigenvalue weighted by molar-refractivity contribution is 0.102. The van der Waals surface area contributed by atoms with Gasteiger partial charge in [-0.2, -0.15) is 0 Å². The van der Waals surface area contributed by atoms with Crippen LogP contribution in [0.1, 0.15) is 21.5 Å². The van der Waals surface area contributed by atoms with Crippen molar-refractivity contribution >= 4 is 11.6 Å². The van der Waals surface area contributed by atoms with E-state index >= 15 is 0 Å². The Balaban J connectivity index is 2.28. The third kappa shape index (κ3) is 3.44. The number of nitrogens with one attached hydrogen (secondary N) is 1. The average molecular weight is 265 g/mol. The predicted octanol–water partition coefficient (Wildman–Crippen LogP) is 1.95. The van der Waals surface area contributed by atoms with Gasteiger partial charge < -0.3 is 11.1 Å². The van der Waals surface area contributed by atoms with Crippen LogP contribution in [-0.4, -0.2) is 17.4 Å². The Morgan fingerprint density at radius 2 is 2.05 bits per heavy atom. The molecule has 2 rings (SSSR count). The summed E-state index contributed by atoms with van der Waals surface area (Å²) in [7, 11) is 0. The van der Waals surface area contributed by atoms with Crippen LogP contribution in [-0.2, 0) is 0 Å². The molecule has 2 aromatic rings.